The quantitative estimate of drug-likeness (QED) is 0.298. The van der Waals surface area contributed by atoms with E-state index in [-0.39, 0.29) is 25.2 Å². The van der Waals surface area contributed by atoms with Gasteiger partial charge in [-0.15, -0.1) is 0 Å². The minimum Gasteiger partial charge on any atom is -0.489 e. The van der Waals surface area contributed by atoms with Gasteiger partial charge in [-0.2, -0.15) is 0 Å². The predicted octanol–water partition coefficient (Wildman–Crippen LogP) is 6.65. The number of methoxy groups -OCH3 is 1. The van der Waals surface area contributed by atoms with Crippen LogP contribution < -0.4 is 9.47 Å². The first-order valence-corrected chi connectivity index (χ1v) is 14.3. The molecule has 8 nitrogen and oxygen atoms in total. The number of hydrogen-bond acceptors (Lipinski definition) is 7. The molecular formula is C32H31Cl2NO7. The number of nitrogens with zero attached hydrogens (tertiary/aromatic N) is 1. The first-order valence-electron chi connectivity index (χ1n) is 13.5. The molecule has 0 bridgehead atoms. The lowest BCUT2D eigenvalue weighted by Crippen LogP contribution is -2.50. The molecule has 220 valence electrons. The number of carbonyl (C=O) groups excluding carboxylic acids is 3. The fourth-order valence-corrected chi connectivity index (χ4v) is 5.36. The molecule has 2 heterocycles. The van der Waals surface area contributed by atoms with Crippen LogP contribution in [0.25, 0.3) is 0 Å². The van der Waals surface area contributed by atoms with Crippen molar-refractivity contribution in [2.45, 2.75) is 64.5 Å². The standard InChI is InChI=1S/C32H31Cl2NO7/c1-32(2,3)42-31(38)35-16-22-15-28-21(12-20(22)13-26(35)30(37)39-4)14-27(36)29(41-28)19-6-8-23(9-7-19)40-17-18-5-10-24(33)25(34)11-18/h5-12,15,26,29H,13-14,16-17H2,1-4H3/t26-,29+/m0/s1. The zero-order valence-electron chi connectivity index (χ0n) is 23.7. The van der Waals surface area contributed by atoms with Crippen molar-refractivity contribution in [2.24, 2.45) is 0 Å². The smallest absolute Gasteiger partial charge is 0.411 e. The molecule has 2 aliphatic rings. The average Bonchev–Trinajstić information content (AvgIpc) is 2.94. The first kappa shape index (κ1) is 29.7. The number of rotatable bonds is 5. The first-order chi connectivity index (χ1) is 19.9. The lowest BCUT2D eigenvalue weighted by atomic mass is 9.88. The fraction of sp³-hybridized carbons (Fsp3) is 0.344. The summed E-state index contributed by atoms with van der Waals surface area (Å²) in [6.07, 6.45) is -0.957. The van der Waals surface area contributed by atoms with Gasteiger partial charge in [0.1, 0.15) is 29.7 Å². The SMILES string of the molecule is COC(=O)[C@@H]1Cc2cc3c(cc2CN1C(=O)OC(C)(C)C)O[C@H](c1ccc(OCc2ccc(Cl)c(Cl)c2)cc1)C(=O)C3. The molecule has 0 aromatic heterocycles. The molecule has 0 fully saturated rings. The predicted molar refractivity (Wildman–Crippen MR) is 157 cm³/mol. The molecule has 3 aromatic carbocycles. The Morgan fingerprint density at radius 1 is 0.976 bits per heavy atom. The van der Waals surface area contributed by atoms with Gasteiger partial charge in [-0.25, -0.2) is 9.59 Å². The van der Waals surface area contributed by atoms with E-state index in [4.69, 9.17) is 42.1 Å². The molecule has 0 saturated carbocycles. The zero-order valence-corrected chi connectivity index (χ0v) is 25.3. The highest BCUT2D eigenvalue weighted by Gasteiger charge is 2.39. The Balaban J connectivity index is 1.32. The molecule has 1 amide bonds. The summed E-state index contributed by atoms with van der Waals surface area (Å²) in [5, 5.41) is 0.943. The molecule has 2 atom stereocenters. The van der Waals surface area contributed by atoms with E-state index < -0.39 is 29.8 Å². The van der Waals surface area contributed by atoms with E-state index >= 15 is 0 Å². The molecule has 5 rings (SSSR count). The van der Waals surface area contributed by atoms with Gasteiger partial charge < -0.3 is 18.9 Å². The number of ether oxygens (including phenoxy) is 4. The normalized spacial score (nSPS) is 18.0. The van der Waals surface area contributed by atoms with Gasteiger partial charge in [0.15, 0.2) is 11.9 Å². The van der Waals surface area contributed by atoms with Crippen LogP contribution in [0.4, 0.5) is 4.79 Å². The third kappa shape index (κ3) is 6.50. The maximum Gasteiger partial charge on any atom is 0.411 e. The van der Waals surface area contributed by atoms with Crippen molar-refractivity contribution in [3.05, 3.63) is 92.5 Å². The average molecular weight is 613 g/mol. The molecule has 0 spiro atoms. The maximum absolute atomic E-state index is 13.2. The minimum absolute atomic E-state index is 0.0809. The number of fused-ring (bicyclic) bond motifs is 2. The van der Waals surface area contributed by atoms with Crippen LogP contribution in [0.1, 0.15) is 54.7 Å². The number of hydrogen-bond donors (Lipinski definition) is 0. The molecule has 0 N–H and O–H groups in total. The summed E-state index contributed by atoms with van der Waals surface area (Å²) in [6, 6.07) is 15.4. The number of amides is 1. The highest BCUT2D eigenvalue weighted by Crippen LogP contribution is 2.38. The topological polar surface area (TPSA) is 91.4 Å². The number of Topliss-reactive ketones (excluding diaryl/α,β-unsaturated/α-hetero) is 1. The third-order valence-electron chi connectivity index (χ3n) is 7.09. The van der Waals surface area contributed by atoms with E-state index in [0.29, 0.717) is 33.7 Å². The van der Waals surface area contributed by atoms with Crippen LogP contribution in [0.5, 0.6) is 11.5 Å². The fourth-order valence-electron chi connectivity index (χ4n) is 5.04. The Morgan fingerprint density at radius 2 is 1.71 bits per heavy atom. The molecule has 3 aromatic rings. The van der Waals surface area contributed by atoms with Crippen LogP contribution in [0.15, 0.2) is 54.6 Å². The van der Waals surface area contributed by atoms with Crippen LogP contribution in [0, 0.1) is 0 Å². The number of ketones is 1. The molecule has 42 heavy (non-hydrogen) atoms. The molecular weight excluding hydrogens is 581 g/mol. The van der Waals surface area contributed by atoms with E-state index in [1.165, 1.54) is 12.0 Å². The number of esters is 1. The van der Waals surface area contributed by atoms with E-state index in [9.17, 15) is 14.4 Å². The van der Waals surface area contributed by atoms with Gasteiger partial charge in [-0.1, -0.05) is 47.5 Å². The van der Waals surface area contributed by atoms with Crippen molar-refractivity contribution >= 4 is 41.0 Å². The Morgan fingerprint density at radius 3 is 2.38 bits per heavy atom. The van der Waals surface area contributed by atoms with Gasteiger partial charge in [0.05, 0.1) is 23.7 Å². The summed E-state index contributed by atoms with van der Waals surface area (Å²) in [7, 11) is 1.29. The lowest BCUT2D eigenvalue weighted by Gasteiger charge is -2.37. The molecule has 10 heteroatoms. The summed E-state index contributed by atoms with van der Waals surface area (Å²) in [5.41, 5.74) is 3.27. The second-order valence-corrected chi connectivity index (χ2v) is 12.1. The van der Waals surface area contributed by atoms with Gasteiger partial charge in [-0.3, -0.25) is 9.69 Å². The summed E-state index contributed by atoms with van der Waals surface area (Å²) in [4.78, 5) is 40.1. The van der Waals surface area contributed by atoms with Crippen molar-refractivity contribution < 1.29 is 33.3 Å². The monoisotopic (exact) mass is 611 g/mol. The molecule has 0 aliphatic carbocycles. The van der Waals surface area contributed by atoms with Crippen molar-refractivity contribution in [1.82, 2.24) is 4.90 Å². The van der Waals surface area contributed by atoms with Crippen LogP contribution in [-0.2, 0) is 45.1 Å². The van der Waals surface area contributed by atoms with Crippen molar-refractivity contribution in [1.29, 1.82) is 0 Å². The molecule has 0 unspecified atom stereocenters. The Labute approximate surface area is 254 Å². The minimum atomic E-state index is -0.833. The summed E-state index contributed by atoms with van der Waals surface area (Å²) in [6.45, 7) is 5.76. The van der Waals surface area contributed by atoms with Crippen molar-refractivity contribution in [3.63, 3.8) is 0 Å². The number of benzene rings is 3. The number of carbonyl (C=O) groups is 3. The van der Waals surface area contributed by atoms with E-state index in [2.05, 4.69) is 0 Å². The summed E-state index contributed by atoms with van der Waals surface area (Å²) in [5.74, 6) is 0.590. The molecule has 0 saturated heterocycles. The second-order valence-electron chi connectivity index (χ2n) is 11.3. The summed E-state index contributed by atoms with van der Waals surface area (Å²) < 4.78 is 22.6. The zero-order chi connectivity index (χ0) is 30.2. The highest BCUT2D eigenvalue weighted by atomic mass is 35.5. The van der Waals surface area contributed by atoms with Gasteiger partial charge in [0.25, 0.3) is 0 Å². The highest BCUT2D eigenvalue weighted by molar-refractivity contribution is 6.42. The third-order valence-corrected chi connectivity index (χ3v) is 7.83. The van der Waals surface area contributed by atoms with Gasteiger partial charge >= 0.3 is 12.1 Å². The van der Waals surface area contributed by atoms with Gasteiger partial charge in [0.2, 0.25) is 0 Å². The molecule has 0 radical (unpaired) electrons. The Kier molecular flexibility index (Phi) is 8.39. The van der Waals surface area contributed by atoms with Crippen LogP contribution >= 0.6 is 23.2 Å². The largest absolute Gasteiger partial charge is 0.489 e. The second kappa shape index (κ2) is 11.9. The summed E-state index contributed by atoms with van der Waals surface area (Å²) >= 11 is 12.1. The van der Waals surface area contributed by atoms with E-state index in [0.717, 1.165) is 22.3 Å². The van der Waals surface area contributed by atoms with Crippen LogP contribution in [0.2, 0.25) is 10.0 Å². The maximum atomic E-state index is 13.2. The van der Waals surface area contributed by atoms with Crippen LogP contribution in [-0.4, -0.2) is 41.5 Å². The Bertz CT molecular complexity index is 1530. The van der Waals surface area contributed by atoms with Crippen molar-refractivity contribution in [3.8, 4) is 11.5 Å². The van der Waals surface area contributed by atoms with E-state index in [1.54, 1.807) is 57.2 Å². The lowest BCUT2D eigenvalue weighted by molar-refractivity contribution is -0.147. The Hall–Kier alpha value is -3.75. The van der Waals surface area contributed by atoms with Gasteiger partial charge in [0, 0.05) is 24.0 Å². The van der Waals surface area contributed by atoms with Gasteiger partial charge in [-0.05, 0) is 67.8 Å². The van der Waals surface area contributed by atoms with Crippen molar-refractivity contribution in [2.75, 3.05) is 7.11 Å². The molecule has 2 aliphatic heterocycles. The van der Waals surface area contributed by atoms with E-state index in [1.807, 2.05) is 18.2 Å². The van der Waals surface area contributed by atoms with Crippen LogP contribution in [0.3, 0.4) is 0 Å². The number of halogens is 2.